The second-order valence-corrected chi connectivity index (χ2v) is 9.46. The van der Waals surface area contributed by atoms with E-state index >= 15 is 0 Å². The van der Waals surface area contributed by atoms with Crippen LogP contribution < -0.4 is 20.1 Å². The van der Waals surface area contributed by atoms with Crippen molar-refractivity contribution < 1.29 is 32.2 Å². The molecule has 2 aromatic rings. The lowest BCUT2D eigenvalue weighted by molar-refractivity contribution is -0.138. The molecule has 2 heterocycles. The minimum absolute atomic E-state index is 0.149. The van der Waals surface area contributed by atoms with E-state index in [-0.39, 0.29) is 11.7 Å². The van der Waals surface area contributed by atoms with Gasteiger partial charge in [-0.25, -0.2) is 0 Å². The van der Waals surface area contributed by atoms with Crippen molar-refractivity contribution in [3.8, 4) is 11.5 Å². The molecule has 0 saturated heterocycles. The third-order valence-corrected chi connectivity index (χ3v) is 6.47. The summed E-state index contributed by atoms with van der Waals surface area (Å²) in [5, 5.41) is 5.52. The van der Waals surface area contributed by atoms with Crippen LogP contribution in [0.2, 0.25) is 0 Å². The standard InChI is InChI=1S/C25H23F3N2O4/c1-23(2)22(32)30-18-12-16(5-7-19(18)33-23)29-21(31)10-14-13-24(8-3-9-24)34-20-11-15(25(26,27)28)4-6-17(14)20/h4-7,10-12H,3,8-9,13H2,1-2H3,(H,29,31)(H,30,32). The van der Waals surface area contributed by atoms with Crippen LogP contribution in [0.5, 0.6) is 11.5 Å². The molecule has 2 aliphatic heterocycles. The van der Waals surface area contributed by atoms with Gasteiger partial charge >= 0.3 is 6.18 Å². The SMILES string of the molecule is CC1(C)Oc2ccc(NC(=O)C=C3CC4(CCC4)Oc4cc(C(F)(F)F)ccc43)cc2NC1=O. The smallest absolute Gasteiger partial charge is 0.416 e. The first-order valence-corrected chi connectivity index (χ1v) is 11.0. The highest BCUT2D eigenvalue weighted by Crippen LogP contribution is 2.50. The fourth-order valence-corrected chi connectivity index (χ4v) is 4.46. The maximum absolute atomic E-state index is 13.2. The number of ether oxygens (including phenoxy) is 2. The lowest BCUT2D eigenvalue weighted by Crippen LogP contribution is -2.45. The Morgan fingerprint density at radius 1 is 1.09 bits per heavy atom. The summed E-state index contributed by atoms with van der Waals surface area (Å²) < 4.78 is 51.3. The van der Waals surface area contributed by atoms with Gasteiger partial charge in [-0.2, -0.15) is 13.2 Å². The molecule has 0 radical (unpaired) electrons. The number of alkyl halides is 3. The van der Waals surface area contributed by atoms with Crippen LogP contribution in [0.15, 0.2) is 42.5 Å². The van der Waals surface area contributed by atoms with E-state index in [2.05, 4.69) is 10.6 Å². The van der Waals surface area contributed by atoms with E-state index in [1.165, 1.54) is 12.1 Å². The molecule has 1 spiro atoms. The van der Waals surface area contributed by atoms with Gasteiger partial charge in [0.1, 0.15) is 17.1 Å². The van der Waals surface area contributed by atoms with Crippen LogP contribution in [0.3, 0.4) is 0 Å². The third-order valence-electron chi connectivity index (χ3n) is 6.47. The fourth-order valence-electron chi connectivity index (χ4n) is 4.46. The molecule has 34 heavy (non-hydrogen) atoms. The van der Waals surface area contributed by atoms with E-state index in [0.29, 0.717) is 34.7 Å². The minimum Gasteiger partial charge on any atom is -0.486 e. The lowest BCUT2D eigenvalue weighted by Gasteiger charge is -2.46. The molecular formula is C25H23F3N2O4. The highest BCUT2D eigenvalue weighted by molar-refractivity contribution is 6.06. The molecular weight excluding hydrogens is 449 g/mol. The Labute approximate surface area is 194 Å². The van der Waals surface area contributed by atoms with Crippen molar-refractivity contribution in [2.45, 2.75) is 56.9 Å². The van der Waals surface area contributed by atoms with Crippen molar-refractivity contribution in [1.29, 1.82) is 0 Å². The average molecular weight is 472 g/mol. The average Bonchev–Trinajstić information content (AvgIpc) is 2.72. The van der Waals surface area contributed by atoms with Crippen LogP contribution >= 0.6 is 0 Å². The van der Waals surface area contributed by atoms with Crippen LogP contribution in [0.25, 0.3) is 5.57 Å². The number of nitrogens with one attached hydrogen (secondary N) is 2. The normalized spacial score (nSPS) is 20.9. The van der Waals surface area contributed by atoms with Crippen molar-refractivity contribution in [1.82, 2.24) is 0 Å². The molecule has 0 bridgehead atoms. The Bertz CT molecular complexity index is 1230. The number of hydrogen-bond donors (Lipinski definition) is 2. The molecule has 9 heteroatoms. The summed E-state index contributed by atoms with van der Waals surface area (Å²) in [5.74, 6) is -0.0863. The molecule has 1 aliphatic carbocycles. The number of halogens is 3. The van der Waals surface area contributed by atoms with Gasteiger partial charge in [0.25, 0.3) is 5.91 Å². The number of rotatable bonds is 2. The first-order chi connectivity index (χ1) is 15.9. The van der Waals surface area contributed by atoms with E-state index in [0.717, 1.165) is 31.4 Å². The lowest BCUT2D eigenvalue weighted by atomic mass is 9.72. The quantitative estimate of drug-likeness (QED) is 0.563. The number of benzene rings is 2. The topological polar surface area (TPSA) is 76.7 Å². The number of carbonyl (C=O) groups excluding carboxylic acids is 2. The predicted octanol–water partition coefficient (Wildman–Crippen LogP) is 5.54. The summed E-state index contributed by atoms with van der Waals surface area (Å²) in [6.45, 7) is 3.32. The van der Waals surface area contributed by atoms with Gasteiger partial charge in [0.2, 0.25) is 5.91 Å². The Morgan fingerprint density at radius 2 is 1.85 bits per heavy atom. The highest BCUT2D eigenvalue weighted by atomic mass is 19.4. The van der Waals surface area contributed by atoms with Gasteiger partial charge in [0.15, 0.2) is 5.60 Å². The molecule has 2 amide bonds. The van der Waals surface area contributed by atoms with Crippen molar-refractivity contribution in [3.63, 3.8) is 0 Å². The molecule has 1 fully saturated rings. The first kappa shape index (κ1) is 22.3. The molecule has 5 rings (SSSR count). The number of carbonyl (C=O) groups is 2. The predicted molar refractivity (Wildman–Crippen MR) is 120 cm³/mol. The van der Waals surface area contributed by atoms with E-state index in [4.69, 9.17) is 9.47 Å². The zero-order valence-corrected chi connectivity index (χ0v) is 18.6. The maximum atomic E-state index is 13.2. The molecule has 2 N–H and O–H groups in total. The summed E-state index contributed by atoms with van der Waals surface area (Å²) >= 11 is 0. The Hall–Kier alpha value is -3.49. The molecule has 178 valence electrons. The van der Waals surface area contributed by atoms with Crippen LogP contribution in [0.4, 0.5) is 24.5 Å². The summed E-state index contributed by atoms with van der Waals surface area (Å²) in [6, 6.07) is 8.28. The van der Waals surface area contributed by atoms with Crippen molar-refractivity contribution in [2.75, 3.05) is 10.6 Å². The second kappa shape index (κ2) is 7.51. The number of amides is 2. The zero-order valence-electron chi connectivity index (χ0n) is 18.6. The molecule has 2 aromatic carbocycles. The number of hydrogen-bond acceptors (Lipinski definition) is 4. The monoisotopic (exact) mass is 472 g/mol. The summed E-state index contributed by atoms with van der Waals surface area (Å²) in [7, 11) is 0. The van der Waals surface area contributed by atoms with Gasteiger partial charge in [-0.15, -0.1) is 0 Å². The molecule has 0 aromatic heterocycles. The Balaban J connectivity index is 1.41. The minimum atomic E-state index is -4.48. The molecule has 3 aliphatic rings. The molecule has 1 saturated carbocycles. The molecule has 0 unspecified atom stereocenters. The first-order valence-electron chi connectivity index (χ1n) is 11.0. The van der Waals surface area contributed by atoms with E-state index in [1.54, 1.807) is 32.0 Å². The van der Waals surface area contributed by atoms with Crippen LogP contribution in [0.1, 0.15) is 50.7 Å². The van der Waals surface area contributed by atoms with Gasteiger partial charge in [-0.1, -0.05) is 6.07 Å². The Kier molecular flexibility index (Phi) is 4.93. The van der Waals surface area contributed by atoms with E-state index in [9.17, 15) is 22.8 Å². The fraction of sp³-hybridized carbons (Fsp3) is 0.360. The van der Waals surface area contributed by atoms with E-state index < -0.39 is 28.8 Å². The largest absolute Gasteiger partial charge is 0.486 e. The van der Waals surface area contributed by atoms with E-state index in [1.807, 2.05) is 0 Å². The van der Waals surface area contributed by atoms with Gasteiger partial charge in [-0.3, -0.25) is 9.59 Å². The number of anilines is 2. The highest BCUT2D eigenvalue weighted by Gasteiger charge is 2.44. The molecule has 6 nitrogen and oxygen atoms in total. The van der Waals surface area contributed by atoms with Gasteiger partial charge < -0.3 is 20.1 Å². The van der Waals surface area contributed by atoms with Crippen molar-refractivity contribution in [2.24, 2.45) is 0 Å². The van der Waals surface area contributed by atoms with Crippen LogP contribution in [0, 0.1) is 0 Å². The van der Waals surface area contributed by atoms with Crippen LogP contribution in [-0.2, 0) is 15.8 Å². The van der Waals surface area contributed by atoms with Gasteiger partial charge in [0, 0.05) is 23.7 Å². The van der Waals surface area contributed by atoms with Gasteiger partial charge in [0.05, 0.1) is 11.3 Å². The Morgan fingerprint density at radius 3 is 2.53 bits per heavy atom. The van der Waals surface area contributed by atoms with Crippen LogP contribution in [-0.4, -0.2) is 23.0 Å². The van der Waals surface area contributed by atoms with Gasteiger partial charge in [-0.05, 0) is 69.0 Å². The third kappa shape index (κ3) is 3.99. The summed E-state index contributed by atoms with van der Waals surface area (Å²) in [6.07, 6.45) is -0.253. The number of fused-ring (bicyclic) bond motifs is 2. The van der Waals surface area contributed by atoms with Crippen molar-refractivity contribution in [3.05, 3.63) is 53.6 Å². The summed E-state index contributed by atoms with van der Waals surface area (Å²) in [4.78, 5) is 25.0. The zero-order chi connectivity index (χ0) is 24.3. The summed E-state index contributed by atoms with van der Waals surface area (Å²) in [5.41, 5.74) is -0.349. The second-order valence-electron chi connectivity index (χ2n) is 9.46. The maximum Gasteiger partial charge on any atom is 0.416 e. The van der Waals surface area contributed by atoms with Crippen molar-refractivity contribution >= 4 is 28.8 Å². The molecule has 0 atom stereocenters.